The number of hydrogen-bond donors (Lipinski definition) is 4. The molecule has 1 atom stereocenters. The van der Waals surface area contributed by atoms with E-state index in [0.29, 0.717) is 18.3 Å². The summed E-state index contributed by atoms with van der Waals surface area (Å²) in [6, 6.07) is 9.60. The zero-order valence-electron chi connectivity index (χ0n) is 20.6. The molecule has 5 N–H and O–H groups in total. The Balaban J connectivity index is 0.00000281. The van der Waals surface area contributed by atoms with Crippen molar-refractivity contribution in [3.63, 3.8) is 0 Å². The minimum atomic E-state index is -0.163. The third-order valence-electron chi connectivity index (χ3n) is 4.69. The quantitative estimate of drug-likeness (QED) is 0.135. The van der Waals surface area contributed by atoms with Crippen molar-refractivity contribution in [3.8, 4) is 12.8 Å². The molecule has 2 aromatic rings. The number of amidine groups is 1. The smallest absolute Gasteiger partial charge is 0.233 e. The molecular weight excluding hydrogens is 448 g/mol. The molecule has 9 nitrogen and oxygen atoms in total. The summed E-state index contributed by atoms with van der Waals surface area (Å²) in [7, 11) is 3.62. The van der Waals surface area contributed by atoms with E-state index >= 15 is 0 Å². The first-order valence-corrected chi connectivity index (χ1v) is 11.9. The van der Waals surface area contributed by atoms with Crippen LogP contribution in [0.4, 0.5) is 11.6 Å². The van der Waals surface area contributed by atoms with E-state index in [2.05, 4.69) is 44.0 Å². The van der Waals surface area contributed by atoms with Crippen LogP contribution >= 0.6 is 11.8 Å². The normalized spacial score (nSPS) is 12.5. The number of anilines is 1. The summed E-state index contributed by atoms with van der Waals surface area (Å²) in [6.45, 7) is 7.05. The molecule has 1 amide bonds. The van der Waals surface area contributed by atoms with Gasteiger partial charge in [0.05, 0.1) is 5.92 Å². The summed E-state index contributed by atoms with van der Waals surface area (Å²) in [5.74, 6) is 1.05. The summed E-state index contributed by atoms with van der Waals surface area (Å²) in [5.41, 5.74) is 13.3. The summed E-state index contributed by atoms with van der Waals surface area (Å²) < 4.78 is 1.84. The third-order valence-corrected chi connectivity index (χ3v) is 5.61. The maximum Gasteiger partial charge on any atom is 0.233 e. The van der Waals surface area contributed by atoms with Crippen molar-refractivity contribution in [1.82, 2.24) is 20.4 Å². The highest BCUT2D eigenvalue weighted by atomic mass is 32.2. The summed E-state index contributed by atoms with van der Waals surface area (Å²) in [6.07, 6.45) is 9.71. The van der Waals surface area contributed by atoms with Gasteiger partial charge in [-0.05, 0) is 37.6 Å². The molecule has 0 radical (unpaired) electrons. The molecule has 2 rings (SSSR count). The molecule has 1 heterocycles. The maximum absolute atomic E-state index is 12.4. The van der Waals surface area contributed by atoms with Gasteiger partial charge in [0.15, 0.2) is 0 Å². The number of terminal acetylenes is 1. The number of nitrogens with zero attached hydrogens (tertiary/aromatic N) is 4. The molecule has 34 heavy (non-hydrogen) atoms. The number of aliphatic imine (C=N–C) groups is 1. The monoisotopic (exact) mass is 484 g/mol. The minimum absolute atomic E-state index is 0.0368. The predicted octanol–water partition coefficient (Wildman–Crippen LogP) is 2.83. The Bertz CT molecular complexity index is 1030. The van der Waals surface area contributed by atoms with Crippen LogP contribution in [0.3, 0.4) is 0 Å². The topological polar surface area (TPSA) is 122 Å². The summed E-state index contributed by atoms with van der Waals surface area (Å²) in [5, 5.41) is 3.73. The van der Waals surface area contributed by atoms with E-state index in [0.717, 1.165) is 40.5 Å². The van der Waals surface area contributed by atoms with Gasteiger partial charge in [-0.1, -0.05) is 32.0 Å². The van der Waals surface area contributed by atoms with Crippen molar-refractivity contribution >= 4 is 35.1 Å². The molecule has 0 fully saturated rings. The lowest BCUT2D eigenvalue weighted by Gasteiger charge is -2.14. The van der Waals surface area contributed by atoms with Crippen molar-refractivity contribution in [2.75, 3.05) is 25.5 Å². The first-order valence-electron chi connectivity index (χ1n) is 11.1. The molecular formula is C24H36N8OS. The highest BCUT2D eigenvalue weighted by molar-refractivity contribution is 7.99. The van der Waals surface area contributed by atoms with Gasteiger partial charge in [-0.2, -0.15) is 4.99 Å². The van der Waals surface area contributed by atoms with Crippen molar-refractivity contribution in [2.45, 2.75) is 43.5 Å². The lowest BCUT2D eigenvalue weighted by Crippen LogP contribution is -2.35. The Kier molecular flexibility index (Phi) is 13.3. The second kappa shape index (κ2) is 15.7. The average molecular weight is 485 g/mol. The second-order valence-electron chi connectivity index (χ2n) is 7.22. The number of aromatic nitrogens is 2. The van der Waals surface area contributed by atoms with Gasteiger partial charge in [0.25, 0.3) is 0 Å². The van der Waals surface area contributed by atoms with Gasteiger partial charge < -0.3 is 16.5 Å². The molecule has 0 saturated carbocycles. The van der Waals surface area contributed by atoms with Gasteiger partial charge in [-0.25, -0.2) is 10.4 Å². The Hall–Kier alpha value is -3.13. The van der Waals surface area contributed by atoms with Crippen molar-refractivity contribution in [3.05, 3.63) is 35.8 Å². The molecule has 1 unspecified atom stereocenters. The van der Waals surface area contributed by atoms with Crippen LogP contribution in [0.15, 0.2) is 50.2 Å². The highest BCUT2D eigenvalue weighted by Crippen LogP contribution is 2.27. The van der Waals surface area contributed by atoms with Crippen LogP contribution in [0.1, 0.15) is 33.6 Å². The van der Waals surface area contributed by atoms with Crippen LogP contribution in [0, 0.1) is 18.8 Å². The fraction of sp³-hybridized carbons (Fsp3) is 0.417. The Morgan fingerprint density at radius 2 is 1.94 bits per heavy atom. The number of carbonyl (C=O) groups excluding carboxylic acids is 1. The van der Waals surface area contributed by atoms with E-state index < -0.39 is 0 Å². The number of carbonyl (C=O) groups is 1. The Morgan fingerprint density at radius 3 is 2.50 bits per heavy atom. The van der Waals surface area contributed by atoms with E-state index in [-0.39, 0.29) is 11.8 Å². The van der Waals surface area contributed by atoms with Gasteiger partial charge in [-0.15, -0.1) is 12.8 Å². The first-order chi connectivity index (χ1) is 16.4. The molecule has 1 aromatic carbocycles. The number of nitrogens with two attached hydrogens (primary N) is 1. The molecule has 184 valence electrons. The molecule has 0 aliphatic carbocycles. The first kappa shape index (κ1) is 28.9. The van der Waals surface area contributed by atoms with E-state index in [9.17, 15) is 4.79 Å². The van der Waals surface area contributed by atoms with Gasteiger partial charge >= 0.3 is 0 Å². The van der Waals surface area contributed by atoms with E-state index in [1.54, 1.807) is 7.05 Å². The second-order valence-corrected chi connectivity index (χ2v) is 8.32. The van der Waals surface area contributed by atoms with Crippen LogP contribution in [0.5, 0.6) is 0 Å². The number of hydrogen-bond acceptors (Lipinski definition) is 7. The number of rotatable bonds is 10. The van der Waals surface area contributed by atoms with Crippen molar-refractivity contribution in [1.29, 1.82) is 0 Å². The van der Waals surface area contributed by atoms with Gasteiger partial charge in [0.1, 0.15) is 16.3 Å². The minimum Gasteiger partial charge on any atom is -0.330 e. The highest BCUT2D eigenvalue weighted by Gasteiger charge is 2.15. The van der Waals surface area contributed by atoms with Crippen LogP contribution in [-0.4, -0.2) is 41.4 Å². The van der Waals surface area contributed by atoms with Crippen LogP contribution in [0.25, 0.3) is 0 Å². The largest absolute Gasteiger partial charge is 0.330 e. The molecule has 0 bridgehead atoms. The van der Waals surface area contributed by atoms with Gasteiger partial charge in [-0.3, -0.25) is 14.4 Å². The number of nitrogens with one attached hydrogen (secondary N) is 3. The summed E-state index contributed by atoms with van der Waals surface area (Å²) >= 11 is 1.51. The van der Waals surface area contributed by atoms with Crippen LogP contribution in [-0.2, 0) is 11.8 Å². The summed E-state index contributed by atoms with van der Waals surface area (Å²) in [4.78, 5) is 26.9. The molecule has 0 saturated heterocycles. The molecule has 0 aliphatic heterocycles. The molecule has 10 heteroatoms. The lowest BCUT2D eigenvalue weighted by molar-refractivity contribution is -0.119. The average Bonchev–Trinajstić information content (AvgIpc) is 2.85. The van der Waals surface area contributed by atoms with E-state index in [1.807, 2.05) is 62.7 Å². The van der Waals surface area contributed by atoms with E-state index in [1.165, 1.54) is 11.8 Å². The molecule has 0 aliphatic rings. The van der Waals surface area contributed by atoms with Crippen molar-refractivity contribution in [2.24, 2.45) is 28.7 Å². The van der Waals surface area contributed by atoms with Crippen molar-refractivity contribution < 1.29 is 4.79 Å². The maximum atomic E-state index is 12.4. The number of amides is 1. The third kappa shape index (κ3) is 9.02. The molecule has 0 spiro atoms. The predicted molar refractivity (Wildman–Crippen MR) is 141 cm³/mol. The zero-order chi connectivity index (χ0) is 25.5. The van der Waals surface area contributed by atoms with Gasteiger partial charge in [0, 0.05) is 43.8 Å². The fourth-order valence-electron chi connectivity index (χ4n) is 2.95. The van der Waals surface area contributed by atoms with E-state index in [4.69, 9.17) is 5.73 Å². The van der Waals surface area contributed by atoms with Crippen LogP contribution in [0.2, 0.25) is 0 Å². The number of benzene rings is 1. The zero-order valence-corrected chi connectivity index (χ0v) is 21.4. The Labute approximate surface area is 206 Å². The number of hydrazine groups is 1. The van der Waals surface area contributed by atoms with Gasteiger partial charge in [0.2, 0.25) is 11.9 Å². The SMILES string of the molecule is C#C.CCCC(CN)C(=O)Nc1ccc(Sc2cc(=NC)n(C)c(/N=C(\C)NNCC)n2)cc1. The Morgan fingerprint density at radius 1 is 1.26 bits per heavy atom. The van der Waals surface area contributed by atoms with Crippen LogP contribution < -0.4 is 27.4 Å². The lowest BCUT2D eigenvalue weighted by atomic mass is 10.0. The fourth-order valence-corrected chi connectivity index (χ4v) is 3.76. The molecule has 1 aromatic heterocycles. The standard InChI is InChI=1S/C22H34N8OS.C2H2/c1-6-8-16(14-23)21(31)27-17-9-11-18(12-10-17)32-20-13-19(24-4)30(5)22(28-20)26-15(3)29-25-7-2;1-2/h9-13,16,25H,6-8,14,23H2,1-5H3,(H,27,31)(H,26,28,29);1-2H.